The number of ether oxygens (including phenoxy) is 2. The number of carbonyl (C=O) groups is 1. The van der Waals surface area contributed by atoms with Gasteiger partial charge in [-0.3, -0.25) is 0 Å². The van der Waals surface area contributed by atoms with Crippen LogP contribution in [-0.4, -0.2) is 42.8 Å². The first kappa shape index (κ1) is 9.35. The highest BCUT2D eigenvalue weighted by molar-refractivity contribution is 5.67. The molecule has 0 aliphatic rings. The summed E-state index contributed by atoms with van der Waals surface area (Å²) < 4.78 is 8.84. The van der Waals surface area contributed by atoms with Crippen LogP contribution in [0.4, 0.5) is 0 Å². The summed E-state index contributed by atoms with van der Waals surface area (Å²) in [5.41, 5.74) is 0. The Morgan fingerprint density at radius 3 is 2.70 bits per heavy atom. The Hall–Kier alpha value is -0.650. The average Bonchev–Trinajstić information content (AvgIpc) is 1.87. The van der Waals surface area contributed by atoms with E-state index in [9.17, 15) is 4.79 Å². The number of rotatable bonds is 5. The summed E-state index contributed by atoms with van der Waals surface area (Å²) in [6, 6.07) is 0. The van der Waals surface area contributed by atoms with Crippen LogP contribution in [0.15, 0.2) is 0 Å². The van der Waals surface area contributed by atoms with Gasteiger partial charge >= 0.3 is 5.97 Å². The number of hydrogen-bond acceptors (Lipinski definition) is 4. The molecular formula is C5H10O5. The molecular weight excluding hydrogens is 140 g/mol. The first-order chi connectivity index (χ1) is 4.66. The Labute approximate surface area is 58.2 Å². The van der Waals surface area contributed by atoms with Crippen molar-refractivity contribution in [2.45, 2.75) is 6.29 Å². The molecule has 0 spiro atoms. The molecule has 2 N–H and O–H groups in total. The van der Waals surface area contributed by atoms with E-state index in [1.165, 1.54) is 7.11 Å². The van der Waals surface area contributed by atoms with Crippen LogP contribution in [0.3, 0.4) is 0 Å². The van der Waals surface area contributed by atoms with Crippen molar-refractivity contribution in [2.75, 3.05) is 20.3 Å². The largest absolute Gasteiger partial charge is 0.480 e. The quantitative estimate of drug-likeness (QED) is 0.494. The Kier molecular flexibility index (Phi) is 4.82. The van der Waals surface area contributed by atoms with Gasteiger partial charge in [0.15, 0.2) is 6.29 Å². The maximum Gasteiger partial charge on any atom is 0.329 e. The fourth-order valence-electron chi connectivity index (χ4n) is 0.315. The molecule has 1 atom stereocenters. The lowest BCUT2D eigenvalue weighted by molar-refractivity contribution is -0.150. The van der Waals surface area contributed by atoms with Gasteiger partial charge in [0.05, 0.1) is 6.61 Å². The number of aliphatic hydroxyl groups is 1. The summed E-state index contributed by atoms with van der Waals surface area (Å²) in [4.78, 5) is 9.82. The SMILES string of the molecule is COC(O)COCC(=O)O. The maximum absolute atomic E-state index is 9.82. The fourth-order valence-corrected chi connectivity index (χ4v) is 0.315. The zero-order valence-corrected chi connectivity index (χ0v) is 5.61. The molecule has 0 fully saturated rings. The molecule has 5 heteroatoms. The number of aliphatic carboxylic acids is 1. The van der Waals surface area contributed by atoms with Gasteiger partial charge < -0.3 is 19.7 Å². The lowest BCUT2D eigenvalue weighted by Gasteiger charge is -2.06. The maximum atomic E-state index is 9.82. The lowest BCUT2D eigenvalue weighted by Crippen LogP contribution is -2.19. The van der Waals surface area contributed by atoms with Gasteiger partial charge in [0, 0.05) is 7.11 Å². The van der Waals surface area contributed by atoms with Gasteiger partial charge in [0.1, 0.15) is 6.61 Å². The van der Waals surface area contributed by atoms with E-state index in [0.717, 1.165) is 0 Å². The van der Waals surface area contributed by atoms with Crippen LogP contribution in [0.5, 0.6) is 0 Å². The molecule has 0 aliphatic carbocycles. The van der Waals surface area contributed by atoms with Crippen LogP contribution in [0.1, 0.15) is 0 Å². The second kappa shape index (κ2) is 5.16. The van der Waals surface area contributed by atoms with E-state index in [1.54, 1.807) is 0 Å². The van der Waals surface area contributed by atoms with Gasteiger partial charge in [-0.15, -0.1) is 0 Å². The van der Waals surface area contributed by atoms with Crippen LogP contribution >= 0.6 is 0 Å². The van der Waals surface area contributed by atoms with Gasteiger partial charge in [0.25, 0.3) is 0 Å². The second-order valence-corrected chi connectivity index (χ2v) is 1.60. The molecule has 0 radical (unpaired) electrons. The third-order valence-corrected chi connectivity index (χ3v) is 0.758. The van der Waals surface area contributed by atoms with Gasteiger partial charge in [-0.2, -0.15) is 0 Å². The third kappa shape index (κ3) is 5.49. The van der Waals surface area contributed by atoms with Crippen LogP contribution in [0.25, 0.3) is 0 Å². The normalized spacial score (nSPS) is 13.0. The minimum Gasteiger partial charge on any atom is -0.480 e. The Morgan fingerprint density at radius 1 is 1.70 bits per heavy atom. The zero-order valence-electron chi connectivity index (χ0n) is 5.61. The summed E-state index contributed by atoms with van der Waals surface area (Å²) in [7, 11) is 1.30. The van der Waals surface area contributed by atoms with E-state index in [1.807, 2.05) is 0 Å². The van der Waals surface area contributed by atoms with Gasteiger partial charge in [0.2, 0.25) is 0 Å². The number of carboxylic acid groups (broad SMARTS) is 1. The lowest BCUT2D eigenvalue weighted by atomic mass is 10.6. The molecule has 0 rings (SSSR count). The van der Waals surface area contributed by atoms with Gasteiger partial charge in [-0.05, 0) is 0 Å². The summed E-state index contributed by atoms with van der Waals surface area (Å²) in [6.45, 7) is -0.538. The molecule has 0 aromatic heterocycles. The van der Waals surface area contributed by atoms with Crippen molar-refractivity contribution in [1.29, 1.82) is 0 Å². The van der Waals surface area contributed by atoms with Crippen molar-refractivity contribution < 1.29 is 24.5 Å². The van der Waals surface area contributed by atoms with Crippen molar-refractivity contribution in [2.24, 2.45) is 0 Å². The van der Waals surface area contributed by atoms with Crippen molar-refractivity contribution >= 4 is 5.97 Å². The van der Waals surface area contributed by atoms with Crippen LogP contribution < -0.4 is 0 Å². The van der Waals surface area contributed by atoms with E-state index in [2.05, 4.69) is 9.47 Å². The zero-order chi connectivity index (χ0) is 7.98. The molecule has 5 nitrogen and oxygen atoms in total. The van der Waals surface area contributed by atoms with Gasteiger partial charge in [-0.25, -0.2) is 4.79 Å². The second-order valence-electron chi connectivity index (χ2n) is 1.60. The highest BCUT2D eigenvalue weighted by atomic mass is 16.6. The predicted octanol–water partition coefficient (Wildman–Crippen LogP) is -0.948. The molecule has 0 saturated heterocycles. The number of methoxy groups -OCH3 is 1. The summed E-state index contributed by atoms with van der Waals surface area (Å²) in [5, 5.41) is 16.7. The van der Waals surface area contributed by atoms with Crippen molar-refractivity contribution in [3.63, 3.8) is 0 Å². The van der Waals surface area contributed by atoms with E-state index < -0.39 is 18.9 Å². The van der Waals surface area contributed by atoms with E-state index >= 15 is 0 Å². The average molecular weight is 150 g/mol. The highest BCUT2D eigenvalue weighted by Crippen LogP contribution is 1.84. The van der Waals surface area contributed by atoms with Crippen molar-refractivity contribution in [1.82, 2.24) is 0 Å². The van der Waals surface area contributed by atoms with E-state index in [-0.39, 0.29) is 6.61 Å². The van der Waals surface area contributed by atoms with Crippen LogP contribution in [0, 0.1) is 0 Å². The molecule has 0 saturated carbocycles. The highest BCUT2D eigenvalue weighted by Gasteiger charge is 2.02. The first-order valence-electron chi connectivity index (χ1n) is 2.67. The molecule has 60 valence electrons. The number of hydrogen-bond donors (Lipinski definition) is 2. The van der Waals surface area contributed by atoms with E-state index in [4.69, 9.17) is 10.2 Å². The molecule has 10 heavy (non-hydrogen) atoms. The minimum absolute atomic E-state index is 0.122. The molecule has 0 aliphatic heterocycles. The standard InChI is InChI=1S/C5H10O5/c1-9-5(8)3-10-2-4(6)7/h5,8H,2-3H2,1H3,(H,6,7). The first-order valence-corrected chi connectivity index (χ1v) is 2.67. The minimum atomic E-state index is -1.07. The van der Waals surface area contributed by atoms with Crippen molar-refractivity contribution in [3.8, 4) is 0 Å². The van der Waals surface area contributed by atoms with Crippen molar-refractivity contribution in [3.05, 3.63) is 0 Å². The molecule has 0 bridgehead atoms. The van der Waals surface area contributed by atoms with E-state index in [0.29, 0.717) is 0 Å². The number of carboxylic acids is 1. The Bertz CT molecular complexity index is 102. The summed E-state index contributed by atoms with van der Waals surface area (Å²) >= 11 is 0. The predicted molar refractivity (Wildman–Crippen MR) is 31.5 cm³/mol. The van der Waals surface area contributed by atoms with Crippen LogP contribution in [-0.2, 0) is 14.3 Å². The Balaban J connectivity index is 3.11. The molecule has 0 amide bonds. The molecule has 1 unspecified atom stereocenters. The molecule has 0 heterocycles. The topological polar surface area (TPSA) is 76.0 Å². The smallest absolute Gasteiger partial charge is 0.329 e. The molecule has 0 aromatic rings. The fraction of sp³-hybridized carbons (Fsp3) is 0.800. The summed E-state index contributed by atoms with van der Waals surface area (Å²) in [5.74, 6) is -1.07. The summed E-state index contributed by atoms with van der Waals surface area (Å²) in [6.07, 6.45) is -1.04. The molecule has 0 aromatic carbocycles. The van der Waals surface area contributed by atoms with Gasteiger partial charge in [-0.1, -0.05) is 0 Å². The number of aliphatic hydroxyl groups excluding tert-OH is 1. The monoisotopic (exact) mass is 150 g/mol. The Morgan fingerprint density at radius 2 is 2.30 bits per heavy atom. The third-order valence-electron chi connectivity index (χ3n) is 0.758. The van der Waals surface area contributed by atoms with Crippen LogP contribution in [0.2, 0.25) is 0 Å².